The Balaban J connectivity index is 1.95. The maximum atomic E-state index is 12.1. The van der Waals surface area contributed by atoms with Gasteiger partial charge in [-0.15, -0.1) is 22.7 Å². The summed E-state index contributed by atoms with van der Waals surface area (Å²) in [5.74, 6) is 0.0739. The smallest absolute Gasteiger partial charge is 0.263 e. The molecule has 3 rings (SSSR count). The van der Waals surface area contributed by atoms with Gasteiger partial charge in [-0.25, -0.2) is 4.98 Å². The first-order valence-corrected chi connectivity index (χ1v) is 8.03. The molecular formula is C15H14N2OS2. The van der Waals surface area contributed by atoms with Crippen LogP contribution < -0.4 is 0 Å². The Kier molecular flexibility index (Phi) is 3.54. The molecule has 0 fully saturated rings. The second-order valence-corrected chi connectivity index (χ2v) is 6.58. The molecule has 2 aromatic heterocycles. The quantitative estimate of drug-likeness (QED) is 0.729. The van der Waals surface area contributed by atoms with Gasteiger partial charge in [-0.2, -0.15) is 0 Å². The highest BCUT2D eigenvalue weighted by Crippen LogP contribution is 2.34. The molecule has 3 nitrogen and oxygen atoms in total. The molecule has 1 amide bonds. The standard InChI is InChI=1S/C15H14N2OS2/c1-3-17(2)15(18)13-9-8-12(19-13)14-16-10-6-4-5-7-11(10)20-14/h4-9H,3H2,1-2H3. The average Bonchev–Trinajstić information content (AvgIpc) is 3.11. The number of thiazole rings is 1. The average molecular weight is 302 g/mol. The Labute approximate surface area is 125 Å². The highest BCUT2D eigenvalue weighted by molar-refractivity contribution is 7.26. The van der Waals surface area contributed by atoms with Crippen LogP contribution in [0.2, 0.25) is 0 Å². The van der Waals surface area contributed by atoms with Gasteiger partial charge in [0, 0.05) is 13.6 Å². The number of hydrogen-bond donors (Lipinski definition) is 0. The van der Waals surface area contributed by atoms with Crippen LogP contribution in [0, 0.1) is 0 Å². The molecule has 0 aliphatic rings. The Morgan fingerprint density at radius 2 is 2.00 bits per heavy atom. The first-order chi connectivity index (χ1) is 9.69. The maximum absolute atomic E-state index is 12.1. The molecule has 0 atom stereocenters. The molecule has 0 saturated carbocycles. The van der Waals surface area contributed by atoms with Crippen molar-refractivity contribution in [2.75, 3.05) is 13.6 Å². The summed E-state index contributed by atoms with van der Waals surface area (Å²) < 4.78 is 1.18. The number of para-hydroxylation sites is 1. The molecule has 0 unspecified atom stereocenters. The topological polar surface area (TPSA) is 33.2 Å². The Morgan fingerprint density at radius 3 is 2.75 bits per heavy atom. The van der Waals surface area contributed by atoms with Crippen molar-refractivity contribution in [3.63, 3.8) is 0 Å². The summed E-state index contributed by atoms with van der Waals surface area (Å²) in [7, 11) is 1.82. The third-order valence-electron chi connectivity index (χ3n) is 3.14. The first-order valence-electron chi connectivity index (χ1n) is 6.40. The van der Waals surface area contributed by atoms with Gasteiger partial charge in [-0.05, 0) is 31.2 Å². The fraction of sp³-hybridized carbons (Fsp3) is 0.200. The number of amides is 1. The van der Waals surface area contributed by atoms with Crippen LogP contribution in [0.1, 0.15) is 16.6 Å². The second-order valence-electron chi connectivity index (χ2n) is 4.47. The molecule has 0 aliphatic heterocycles. The molecule has 2 heterocycles. The lowest BCUT2D eigenvalue weighted by molar-refractivity contribution is 0.0807. The van der Waals surface area contributed by atoms with E-state index in [1.807, 2.05) is 44.3 Å². The molecular weight excluding hydrogens is 288 g/mol. The van der Waals surface area contributed by atoms with Crippen LogP contribution in [-0.4, -0.2) is 29.4 Å². The van der Waals surface area contributed by atoms with Crippen LogP contribution in [0.25, 0.3) is 20.1 Å². The zero-order valence-corrected chi connectivity index (χ0v) is 12.9. The van der Waals surface area contributed by atoms with Crippen LogP contribution in [0.5, 0.6) is 0 Å². The predicted octanol–water partition coefficient (Wildman–Crippen LogP) is 4.12. The van der Waals surface area contributed by atoms with Crippen LogP contribution in [0.15, 0.2) is 36.4 Å². The fourth-order valence-corrected chi connectivity index (χ4v) is 3.90. The molecule has 102 valence electrons. The van der Waals surface area contributed by atoms with Crippen molar-refractivity contribution in [3.8, 4) is 9.88 Å². The van der Waals surface area contributed by atoms with Gasteiger partial charge in [-0.1, -0.05) is 12.1 Å². The molecule has 0 spiro atoms. The monoisotopic (exact) mass is 302 g/mol. The highest BCUT2D eigenvalue weighted by Gasteiger charge is 2.15. The van der Waals surface area contributed by atoms with Crippen molar-refractivity contribution in [3.05, 3.63) is 41.3 Å². The van der Waals surface area contributed by atoms with Crippen molar-refractivity contribution in [2.24, 2.45) is 0 Å². The Morgan fingerprint density at radius 1 is 1.20 bits per heavy atom. The number of nitrogens with zero attached hydrogens (tertiary/aromatic N) is 2. The lowest BCUT2D eigenvalue weighted by Gasteiger charge is -2.12. The number of aromatic nitrogens is 1. The molecule has 1 aromatic carbocycles. The van der Waals surface area contributed by atoms with E-state index < -0.39 is 0 Å². The van der Waals surface area contributed by atoms with Crippen LogP contribution in [0.4, 0.5) is 0 Å². The van der Waals surface area contributed by atoms with Gasteiger partial charge in [0.15, 0.2) is 0 Å². The van der Waals surface area contributed by atoms with Crippen LogP contribution >= 0.6 is 22.7 Å². The number of carbonyl (C=O) groups is 1. The third-order valence-corrected chi connectivity index (χ3v) is 5.42. The summed E-state index contributed by atoms with van der Waals surface area (Å²) in [6.07, 6.45) is 0. The third kappa shape index (κ3) is 2.34. The summed E-state index contributed by atoms with van der Waals surface area (Å²) in [6, 6.07) is 12.0. The number of fused-ring (bicyclic) bond motifs is 1. The van der Waals surface area contributed by atoms with Crippen molar-refractivity contribution < 1.29 is 4.79 Å². The molecule has 0 N–H and O–H groups in total. The van der Waals surface area contributed by atoms with E-state index in [9.17, 15) is 4.79 Å². The summed E-state index contributed by atoms with van der Waals surface area (Å²) in [5.41, 5.74) is 1.01. The van der Waals surface area contributed by atoms with Crippen molar-refractivity contribution in [2.45, 2.75) is 6.92 Å². The van der Waals surface area contributed by atoms with Crippen LogP contribution in [0.3, 0.4) is 0 Å². The minimum Gasteiger partial charge on any atom is -0.341 e. The lowest BCUT2D eigenvalue weighted by Crippen LogP contribution is -2.25. The SMILES string of the molecule is CCN(C)C(=O)c1ccc(-c2nc3ccccc3s2)s1. The van der Waals surface area contributed by atoms with Crippen molar-refractivity contribution in [1.29, 1.82) is 0 Å². The molecule has 0 bridgehead atoms. The molecule has 20 heavy (non-hydrogen) atoms. The fourth-order valence-electron chi connectivity index (χ4n) is 1.88. The normalized spacial score (nSPS) is 10.9. The summed E-state index contributed by atoms with van der Waals surface area (Å²) in [4.78, 5) is 20.3. The molecule has 0 radical (unpaired) electrons. The number of hydrogen-bond acceptors (Lipinski definition) is 4. The molecule has 5 heteroatoms. The number of rotatable bonds is 3. The minimum absolute atomic E-state index is 0.0739. The van der Waals surface area contributed by atoms with Crippen molar-refractivity contribution in [1.82, 2.24) is 9.88 Å². The summed E-state index contributed by atoms with van der Waals surface area (Å²) in [6.45, 7) is 2.69. The van der Waals surface area contributed by atoms with E-state index in [0.29, 0.717) is 6.54 Å². The van der Waals surface area contributed by atoms with Gasteiger partial charge in [0.2, 0.25) is 0 Å². The van der Waals surface area contributed by atoms with E-state index >= 15 is 0 Å². The Hall–Kier alpha value is -1.72. The van der Waals surface area contributed by atoms with E-state index in [2.05, 4.69) is 11.1 Å². The van der Waals surface area contributed by atoms with E-state index in [-0.39, 0.29) is 5.91 Å². The number of thiophene rings is 1. The summed E-state index contributed by atoms with van der Waals surface area (Å²) in [5, 5.41) is 0.981. The molecule has 3 aromatic rings. The summed E-state index contributed by atoms with van der Waals surface area (Å²) >= 11 is 3.17. The van der Waals surface area contributed by atoms with Gasteiger partial charge >= 0.3 is 0 Å². The van der Waals surface area contributed by atoms with Gasteiger partial charge in [0.25, 0.3) is 5.91 Å². The number of benzene rings is 1. The first kappa shape index (κ1) is 13.3. The lowest BCUT2D eigenvalue weighted by atomic mass is 10.3. The molecule has 0 saturated heterocycles. The molecule has 0 aliphatic carbocycles. The predicted molar refractivity (Wildman–Crippen MR) is 85.6 cm³/mol. The van der Waals surface area contributed by atoms with Gasteiger partial charge in [-0.3, -0.25) is 4.79 Å². The van der Waals surface area contributed by atoms with E-state index in [1.54, 1.807) is 16.2 Å². The number of carbonyl (C=O) groups excluding carboxylic acids is 1. The zero-order chi connectivity index (χ0) is 14.1. The largest absolute Gasteiger partial charge is 0.341 e. The maximum Gasteiger partial charge on any atom is 0.263 e. The van der Waals surface area contributed by atoms with Gasteiger partial charge in [0.05, 0.1) is 20.0 Å². The van der Waals surface area contributed by atoms with E-state index in [4.69, 9.17) is 0 Å². The van der Waals surface area contributed by atoms with Crippen LogP contribution in [-0.2, 0) is 0 Å². The van der Waals surface area contributed by atoms with Crippen molar-refractivity contribution >= 4 is 38.8 Å². The highest BCUT2D eigenvalue weighted by atomic mass is 32.1. The zero-order valence-electron chi connectivity index (χ0n) is 11.3. The minimum atomic E-state index is 0.0739. The van der Waals surface area contributed by atoms with E-state index in [0.717, 1.165) is 20.3 Å². The van der Waals surface area contributed by atoms with Gasteiger partial charge in [0.1, 0.15) is 5.01 Å². The second kappa shape index (κ2) is 5.34. The van der Waals surface area contributed by atoms with Gasteiger partial charge < -0.3 is 4.90 Å². The van der Waals surface area contributed by atoms with E-state index in [1.165, 1.54) is 16.0 Å². The Bertz CT molecular complexity index is 727.